The van der Waals surface area contributed by atoms with Crippen LogP contribution in [-0.4, -0.2) is 160 Å². The predicted octanol–water partition coefficient (Wildman–Crippen LogP) is 1.98. The summed E-state index contributed by atoms with van der Waals surface area (Å²) in [5.41, 5.74) is 4.85. The SMILES string of the molecule is Cc1cccc(F)c1CN1C[C@H](c2ccc(N3CCN(C(=O)COCCOCCNC(=O)CNc4ccc5c(c4)C(=O)N(C4CCC(=O)NC4=O)C5=O)CC3)cc2)[C@@H](N(C)C)C1. The zero-order valence-corrected chi connectivity index (χ0v) is 35.5. The smallest absolute Gasteiger partial charge is 0.262 e. The Kier molecular flexibility index (Phi) is 14.3. The first-order valence-corrected chi connectivity index (χ1v) is 21.1. The molecule has 4 aliphatic rings. The van der Waals surface area contributed by atoms with Gasteiger partial charge in [0.15, 0.2) is 0 Å². The molecule has 0 bridgehead atoms. The van der Waals surface area contributed by atoms with Gasteiger partial charge in [-0.15, -0.1) is 0 Å². The first-order valence-electron chi connectivity index (χ1n) is 21.1. The van der Waals surface area contributed by atoms with Gasteiger partial charge in [0.05, 0.1) is 37.5 Å². The monoisotopic (exact) mass is 854 g/mol. The molecule has 0 aromatic heterocycles. The minimum Gasteiger partial charge on any atom is -0.377 e. The second-order valence-electron chi connectivity index (χ2n) is 16.4. The number of imide groups is 2. The average Bonchev–Trinajstić information content (AvgIpc) is 3.80. The topological polar surface area (TPSA) is 173 Å². The Labute approximate surface area is 360 Å². The normalized spacial score (nSPS) is 20.5. The summed E-state index contributed by atoms with van der Waals surface area (Å²) in [4.78, 5) is 84.6. The van der Waals surface area contributed by atoms with Gasteiger partial charge in [-0.2, -0.15) is 0 Å². The molecule has 0 saturated carbocycles. The number of piperazine rings is 1. The van der Waals surface area contributed by atoms with Crippen molar-refractivity contribution in [2.24, 2.45) is 0 Å². The molecule has 4 heterocycles. The minimum atomic E-state index is -1.05. The molecule has 6 amide bonds. The fourth-order valence-electron chi connectivity index (χ4n) is 8.64. The van der Waals surface area contributed by atoms with E-state index in [-0.39, 0.29) is 81.1 Å². The number of aryl methyl sites for hydroxylation is 1. The molecule has 3 aromatic rings. The molecule has 1 unspecified atom stereocenters. The Morgan fingerprint density at radius 3 is 2.35 bits per heavy atom. The van der Waals surface area contributed by atoms with Crippen LogP contribution < -0.4 is 20.9 Å². The summed E-state index contributed by atoms with van der Waals surface area (Å²) in [5.74, 6) is -2.58. The standard InChI is InChI=1S/C45H55FN8O8/c1-29-5-4-6-37(46)35(29)25-51-26-36(39(27-51)50(2)3)30-7-10-32(11-8-30)52-16-18-53(19-17-52)42(57)28-62-22-21-61-20-15-47-41(56)24-48-31-9-12-33-34(23-31)45(60)54(44(33)59)38-13-14-40(55)49-43(38)58/h4-12,23,36,38-39,48H,13-22,24-28H2,1-3H3,(H,47,56)(H,49,55,58)/t36-,38?,39+/m1/s1. The maximum absolute atomic E-state index is 14.6. The van der Waals surface area contributed by atoms with Gasteiger partial charge in [-0.25, -0.2) is 4.39 Å². The van der Waals surface area contributed by atoms with Gasteiger partial charge in [0.2, 0.25) is 23.6 Å². The molecule has 17 heteroatoms. The van der Waals surface area contributed by atoms with Crippen molar-refractivity contribution in [1.82, 2.24) is 30.2 Å². The third-order valence-electron chi connectivity index (χ3n) is 12.1. The van der Waals surface area contributed by atoms with E-state index < -0.39 is 29.7 Å². The molecular weight excluding hydrogens is 800 g/mol. The number of fused-ring (bicyclic) bond motifs is 1. The largest absolute Gasteiger partial charge is 0.377 e. The fraction of sp³-hybridized carbons (Fsp3) is 0.467. The van der Waals surface area contributed by atoms with E-state index in [4.69, 9.17) is 9.47 Å². The Morgan fingerprint density at radius 2 is 1.63 bits per heavy atom. The van der Waals surface area contributed by atoms with Crippen LogP contribution in [0.25, 0.3) is 0 Å². The van der Waals surface area contributed by atoms with E-state index in [0.29, 0.717) is 50.4 Å². The van der Waals surface area contributed by atoms with Crippen LogP contribution in [-0.2, 0) is 35.2 Å². The lowest BCUT2D eigenvalue weighted by molar-refractivity contribution is -0.137. The van der Waals surface area contributed by atoms with E-state index in [2.05, 4.69) is 69.0 Å². The van der Waals surface area contributed by atoms with Crippen molar-refractivity contribution in [3.05, 3.63) is 94.3 Å². The van der Waals surface area contributed by atoms with Crippen LogP contribution in [0.1, 0.15) is 56.2 Å². The maximum Gasteiger partial charge on any atom is 0.262 e. The number of carbonyl (C=O) groups is 6. The summed E-state index contributed by atoms with van der Waals surface area (Å²) >= 11 is 0. The first-order chi connectivity index (χ1) is 29.9. The second-order valence-corrected chi connectivity index (χ2v) is 16.4. The zero-order chi connectivity index (χ0) is 43.9. The van der Waals surface area contributed by atoms with E-state index >= 15 is 0 Å². The molecular formula is C45H55FN8O8. The van der Waals surface area contributed by atoms with E-state index in [1.807, 2.05) is 17.9 Å². The van der Waals surface area contributed by atoms with Crippen LogP contribution in [0.3, 0.4) is 0 Å². The van der Waals surface area contributed by atoms with Crippen molar-refractivity contribution in [3.63, 3.8) is 0 Å². The number of anilines is 2. The van der Waals surface area contributed by atoms with Crippen LogP contribution in [0.15, 0.2) is 60.7 Å². The third kappa shape index (κ3) is 10.3. The van der Waals surface area contributed by atoms with Crippen molar-refractivity contribution in [3.8, 4) is 0 Å². The number of piperidine rings is 1. The van der Waals surface area contributed by atoms with Gasteiger partial charge in [0.1, 0.15) is 18.5 Å². The van der Waals surface area contributed by atoms with Gasteiger partial charge in [0, 0.05) is 87.7 Å². The van der Waals surface area contributed by atoms with E-state index in [0.717, 1.165) is 34.8 Å². The van der Waals surface area contributed by atoms with Gasteiger partial charge in [-0.3, -0.25) is 43.9 Å². The van der Waals surface area contributed by atoms with E-state index in [1.165, 1.54) is 17.7 Å². The predicted molar refractivity (Wildman–Crippen MR) is 228 cm³/mol. The molecule has 3 fully saturated rings. The molecule has 3 aromatic carbocycles. The van der Waals surface area contributed by atoms with Gasteiger partial charge in [0.25, 0.3) is 11.8 Å². The van der Waals surface area contributed by atoms with E-state index in [1.54, 1.807) is 18.2 Å². The zero-order valence-electron chi connectivity index (χ0n) is 35.5. The molecule has 330 valence electrons. The van der Waals surface area contributed by atoms with Crippen molar-refractivity contribution >= 4 is 46.8 Å². The number of hydrogen-bond donors (Lipinski definition) is 3. The Balaban J connectivity index is 0.748. The lowest BCUT2D eigenvalue weighted by Gasteiger charge is -2.36. The molecule has 62 heavy (non-hydrogen) atoms. The number of ether oxygens (including phenoxy) is 2. The second kappa shape index (κ2) is 20.0. The van der Waals surface area contributed by atoms with Crippen molar-refractivity contribution < 1.29 is 42.6 Å². The number of rotatable bonds is 17. The summed E-state index contributed by atoms with van der Waals surface area (Å²) in [6, 6.07) is 17.8. The van der Waals surface area contributed by atoms with Gasteiger partial charge >= 0.3 is 0 Å². The number of benzene rings is 3. The minimum absolute atomic E-state index is 0.0329. The molecule has 7 rings (SSSR count). The molecule has 3 atom stereocenters. The fourth-order valence-corrected chi connectivity index (χ4v) is 8.64. The highest BCUT2D eigenvalue weighted by molar-refractivity contribution is 6.23. The lowest BCUT2D eigenvalue weighted by Crippen LogP contribution is -2.54. The van der Waals surface area contributed by atoms with Crippen LogP contribution in [0, 0.1) is 12.7 Å². The number of likely N-dealkylation sites (N-methyl/N-ethyl adjacent to an activating group) is 1. The molecule has 0 spiro atoms. The third-order valence-corrected chi connectivity index (χ3v) is 12.1. The average molecular weight is 855 g/mol. The van der Waals surface area contributed by atoms with Gasteiger partial charge in [-0.05, 0) is 75.0 Å². The molecule has 16 nitrogen and oxygen atoms in total. The molecule has 3 N–H and O–H groups in total. The number of nitrogens with zero attached hydrogens (tertiary/aromatic N) is 5. The van der Waals surface area contributed by atoms with Crippen molar-refractivity contribution in [2.45, 2.75) is 44.3 Å². The summed E-state index contributed by atoms with van der Waals surface area (Å²) in [7, 11) is 4.22. The highest BCUT2D eigenvalue weighted by Gasteiger charge is 2.44. The highest BCUT2D eigenvalue weighted by atomic mass is 19.1. The molecule has 3 saturated heterocycles. The van der Waals surface area contributed by atoms with Crippen LogP contribution in [0.4, 0.5) is 15.8 Å². The number of likely N-dealkylation sites (tertiary alicyclic amines) is 1. The van der Waals surface area contributed by atoms with Crippen LogP contribution in [0.5, 0.6) is 0 Å². The summed E-state index contributed by atoms with van der Waals surface area (Å²) in [5, 5.41) is 7.83. The number of hydrogen-bond acceptors (Lipinski definition) is 12. The first kappa shape index (κ1) is 44.3. The summed E-state index contributed by atoms with van der Waals surface area (Å²) < 4.78 is 25.8. The number of nitrogens with one attached hydrogen (secondary N) is 3. The van der Waals surface area contributed by atoms with Crippen LogP contribution >= 0.6 is 0 Å². The van der Waals surface area contributed by atoms with Gasteiger partial charge in [-0.1, -0.05) is 24.3 Å². The Morgan fingerprint density at radius 1 is 0.887 bits per heavy atom. The molecule has 4 aliphatic heterocycles. The number of halogens is 1. The lowest BCUT2D eigenvalue weighted by atomic mass is 9.93. The van der Waals surface area contributed by atoms with Crippen molar-refractivity contribution in [2.75, 3.05) is 103 Å². The maximum atomic E-state index is 14.6. The Hall–Kier alpha value is -5.75. The highest BCUT2D eigenvalue weighted by Crippen LogP contribution is 2.34. The summed E-state index contributed by atoms with van der Waals surface area (Å²) in [6.07, 6.45) is 0.0987. The van der Waals surface area contributed by atoms with Gasteiger partial charge < -0.3 is 34.8 Å². The Bertz CT molecular complexity index is 2140. The van der Waals surface area contributed by atoms with Crippen LogP contribution in [0.2, 0.25) is 0 Å². The molecule has 0 radical (unpaired) electrons. The van der Waals surface area contributed by atoms with Crippen molar-refractivity contribution in [1.29, 1.82) is 0 Å². The quantitative estimate of drug-likeness (QED) is 0.133. The molecule has 0 aliphatic carbocycles. The van der Waals surface area contributed by atoms with E-state index in [9.17, 15) is 33.2 Å². The number of amides is 6. The summed E-state index contributed by atoms with van der Waals surface area (Å²) in [6.45, 7) is 7.74. The number of carbonyl (C=O) groups excluding carboxylic acids is 6.